The number of likely N-dealkylation sites (N-methyl/N-ethyl adjacent to an activating group) is 1. The van der Waals surface area contributed by atoms with Crippen molar-refractivity contribution in [1.29, 1.82) is 0 Å². The Hall–Kier alpha value is -0.200. The number of methoxy groups -OCH3 is 1. The van der Waals surface area contributed by atoms with Crippen LogP contribution < -0.4 is 5.73 Å². The van der Waals surface area contributed by atoms with Gasteiger partial charge in [0.25, 0.3) is 0 Å². The molecule has 17 heavy (non-hydrogen) atoms. The molecule has 0 radical (unpaired) electrons. The molecule has 1 rings (SSSR count). The van der Waals surface area contributed by atoms with Crippen LogP contribution in [-0.2, 0) is 9.47 Å². The van der Waals surface area contributed by atoms with Crippen molar-refractivity contribution in [3.05, 3.63) is 0 Å². The van der Waals surface area contributed by atoms with E-state index in [2.05, 4.69) is 16.8 Å². The molecular weight excluding hydrogens is 218 g/mol. The molecule has 5 heteroatoms. The van der Waals surface area contributed by atoms with E-state index < -0.39 is 0 Å². The van der Waals surface area contributed by atoms with Gasteiger partial charge in [-0.05, 0) is 13.5 Å². The molecule has 0 aromatic heterocycles. The SMILES string of the molecule is COCCOCCCN1CCN(C)CC1CN. The minimum Gasteiger partial charge on any atom is -0.382 e. The first kappa shape index (κ1) is 14.9. The second-order valence-corrected chi connectivity index (χ2v) is 4.65. The zero-order valence-corrected chi connectivity index (χ0v) is 11.2. The quantitative estimate of drug-likeness (QED) is 0.591. The van der Waals surface area contributed by atoms with Crippen LogP contribution in [0.25, 0.3) is 0 Å². The third-order valence-corrected chi connectivity index (χ3v) is 3.25. The number of rotatable bonds is 8. The first-order chi connectivity index (χ1) is 8.27. The molecule has 0 amide bonds. The van der Waals surface area contributed by atoms with Gasteiger partial charge in [0.15, 0.2) is 0 Å². The second kappa shape index (κ2) is 8.83. The molecule has 1 unspecified atom stereocenters. The fourth-order valence-electron chi connectivity index (χ4n) is 2.18. The molecule has 2 N–H and O–H groups in total. The highest BCUT2D eigenvalue weighted by atomic mass is 16.5. The highest BCUT2D eigenvalue weighted by Crippen LogP contribution is 2.07. The molecule has 1 heterocycles. The van der Waals surface area contributed by atoms with Crippen molar-refractivity contribution in [3.63, 3.8) is 0 Å². The van der Waals surface area contributed by atoms with E-state index >= 15 is 0 Å². The number of piperazine rings is 1. The summed E-state index contributed by atoms with van der Waals surface area (Å²) < 4.78 is 10.4. The third kappa shape index (κ3) is 5.79. The highest BCUT2D eigenvalue weighted by Gasteiger charge is 2.23. The van der Waals surface area contributed by atoms with Gasteiger partial charge >= 0.3 is 0 Å². The van der Waals surface area contributed by atoms with Gasteiger partial charge in [-0.25, -0.2) is 0 Å². The molecule has 1 fully saturated rings. The molecule has 1 atom stereocenters. The monoisotopic (exact) mass is 245 g/mol. The summed E-state index contributed by atoms with van der Waals surface area (Å²) >= 11 is 0. The summed E-state index contributed by atoms with van der Waals surface area (Å²) in [5, 5.41) is 0. The predicted molar refractivity (Wildman–Crippen MR) is 69.2 cm³/mol. The maximum atomic E-state index is 5.81. The van der Waals surface area contributed by atoms with Crippen LogP contribution in [0.1, 0.15) is 6.42 Å². The third-order valence-electron chi connectivity index (χ3n) is 3.25. The van der Waals surface area contributed by atoms with Gasteiger partial charge in [-0.1, -0.05) is 0 Å². The van der Waals surface area contributed by atoms with Gasteiger partial charge in [-0.3, -0.25) is 4.90 Å². The van der Waals surface area contributed by atoms with Crippen molar-refractivity contribution in [1.82, 2.24) is 9.80 Å². The Bertz CT molecular complexity index is 193. The van der Waals surface area contributed by atoms with Crippen LogP contribution in [0.15, 0.2) is 0 Å². The number of hydrogen-bond donors (Lipinski definition) is 1. The zero-order valence-electron chi connectivity index (χ0n) is 11.2. The Morgan fingerprint density at radius 1 is 1.24 bits per heavy atom. The minimum atomic E-state index is 0.507. The molecule has 0 aromatic carbocycles. The molecular formula is C12H27N3O2. The van der Waals surface area contributed by atoms with Crippen LogP contribution in [-0.4, -0.2) is 82.5 Å². The predicted octanol–water partition coefficient (Wildman–Crippen LogP) is -0.386. The molecule has 5 nitrogen and oxygen atoms in total. The van der Waals surface area contributed by atoms with Crippen molar-refractivity contribution in [2.75, 3.05) is 66.7 Å². The number of ether oxygens (including phenoxy) is 2. The summed E-state index contributed by atoms with van der Waals surface area (Å²) in [6, 6.07) is 0.507. The van der Waals surface area contributed by atoms with E-state index in [1.807, 2.05) is 0 Å². The van der Waals surface area contributed by atoms with Gasteiger partial charge in [0.2, 0.25) is 0 Å². The van der Waals surface area contributed by atoms with Crippen molar-refractivity contribution in [3.8, 4) is 0 Å². The van der Waals surface area contributed by atoms with E-state index in [4.69, 9.17) is 15.2 Å². The van der Waals surface area contributed by atoms with Crippen LogP contribution in [0.5, 0.6) is 0 Å². The van der Waals surface area contributed by atoms with E-state index in [1.54, 1.807) is 7.11 Å². The first-order valence-corrected chi connectivity index (χ1v) is 6.47. The van der Waals surface area contributed by atoms with Gasteiger partial charge < -0.3 is 20.1 Å². The lowest BCUT2D eigenvalue weighted by atomic mass is 10.1. The highest BCUT2D eigenvalue weighted by molar-refractivity contribution is 4.81. The molecule has 102 valence electrons. The molecule has 1 saturated heterocycles. The molecule has 1 aliphatic rings. The van der Waals surface area contributed by atoms with Crippen LogP contribution >= 0.6 is 0 Å². The van der Waals surface area contributed by atoms with Crippen molar-refractivity contribution < 1.29 is 9.47 Å². The van der Waals surface area contributed by atoms with Gasteiger partial charge in [0.1, 0.15) is 0 Å². The Balaban J connectivity index is 2.08. The van der Waals surface area contributed by atoms with Crippen molar-refractivity contribution in [2.24, 2.45) is 5.73 Å². The maximum Gasteiger partial charge on any atom is 0.0700 e. The lowest BCUT2D eigenvalue weighted by Crippen LogP contribution is -2.55. The van der Waals surface area contributed by atoms with E-state index in [0.29, 0.717) is 19.3 Å². The fourth-order valence-corrected chi connectivity index (χ4v) is 2.18. The summed E-state index contributed by atoms with van der Waals surface area (Å²) in [5.41, 5.74) is 5.81. The van der Waals surface area contributed by atoms with E-state index in [0.717, 1.165) is 45.8 Å². The Kier molecular flexibility index (Phi) is 7.72. The van der Waals surface area contributed by atoms with Crippen molar-refractivity contribution >= 4 is 0 Å². The number of hydrogen-bond acceptors (Lipinski definition) is 5. The maximum absolute atomic E-state index is 5.81. The van der Waals surface area contributed by atoms with Crippen LogP contribution in [0.2, 0.25) is 0 Å². The smallest absolute Gasteiger partial charge is 0.0700 e. The van der Waals surface area contributed by atoms with Gasteiger partial charge in [-0.15, -0.1) is 0 Å². The Labute approximate surface area is 105 Å². The van der Waals surface area contributed by atoms with E-state index in [-0.39, 0.29) is 0 Å². The normalized spacial score (nSPS) is 23.1. The lowest BCUT2D eigenvalue weighted by Gasteiger charge is -2.39. The van der Waals surface area contributed by atoms with Crippen molar-refractivity contribution in [2.45, 2.75) is 12.5 Å². The van der Waals surface area contributed by atoms with Crippen LogP contribution in [0.3, 0.4) is 0 Å². The molecule has 1 aliphatic heterocycles. The lowest BCUT2D eigenvalue weighted by molar-refractivity contribution is 0.0524. The fraction of sp³-hybridized carbons (Fsp3) is 1.00. The summed E-state index contributed by atoms with van der Waals surface area (Å²) in [5.74, 6) is 0. The minimum absolute atomic E-state index is 0.507. The molecule has 0 aromatic rings. The molecule has 0 aliphatic carbocycles. The Morgan fingerprint density at radius 3 is 2.76 bits per heavy atom. The summed E-state index contributed by atoms with van der Waals surface area (Å²) in [4.78, 5) is 4.84. The second-order valence-electron chi connectivity index (χ2n) is 4.65. The van der Waals surface area contributed by atoms with Gasteiger partial charge in [0.05, 0.1) is 13.2 Å². The van der Waals surface area contributed by atoms with E-state index in [9.17, 15) is 0 Å². The topological polar surface area (TPSA) is 51.0 Å². The number of nitrogens with zero attached hydrogens (tertiary/aromatic N) is 2. The van der Waals surface area contributed by atoms with E-state index in [1.165, 1.54) is 0 Å². The van der Waals surface area contributed by atoms with Crippen LogP contribution in [0, 0.1) is 0 Å². The van der Waals surface area contributed by atoms with Gasteiger partial charge in [-0.2, -0.15) is 0 Å². The molecule has 0 saturated carbocycles. The average molecular weight is 245 g/mol. The van der Waals surface area contributed by atoms with Gasteiger partial charge in [0, 0.05) is 52.5 Å². The molecule has 0 bridgehead atoms. The summed E-state index contributed by atoms with van der Waals surface area (Å²) in [7, 11) is 3.85. The number of nitrogens with two attached hydrogens (primary N) is 1. The zero-order chi connectivity index (χ0) is 12.5. The largest absolute Gasteiger partial charge is 0.382 e. The molecule has 0 spiro atoms. The van der Waals surface area contributed by atoms with Crippen LogP contribution in [0.4, 0.5) is 0 Å². The summed E-state index contributed by atoms with van der Waals surface area (Å²) in [6.07, 6.45) is 1.07. The Morgan fingerprint density at radius 2 is 2.06 bits per heavy atom. The first-order valence-electron chi connectivity index (χ1n) is 6.47. The average Bonchev–Trinajstić information content (AvgIpc) is 2.35. The summed E-state index contributed by atoms with van der Waals surface area (Å²) in [6.45, 7) is 7.36. The standard InChI is InChI=1S/C12H27N3O2/c1-14-5-6-15(12(10-13)11-14)4-3-7-17-9-8-16-2/h12H,3-11,13H2,1-2H3.